The predicted octanol–water partition coefficient (Wildman–Crippen LogP) is -0.813. The van der Waals surface area contributed by atoms with Gasteiger partial charge in [-0.05, 0) is 13.3 Å². The number of nitrogens with two attached hydrogens (primary N) is 2. The van der Waals surface area contributed by atoms with Gasteiger partial charge in [-0.25, -0.2) is 0 Å². The molecule has 0 spiro atoms. The Morgan fingerprint density at radius 1 is 1.64 bits per heavy atom. The van der Waals surface area contributed by atoms with Gasteiger partial charge in [-0.2, -0.15) is 0 Å². The maximum atomic E-state index is 11.1. The fourth-order valence-electron chi connectivity index (χ4n) is 0.594. The van der Waals surface area contributed by atoms with E-state index in [2.05, 4.69) is 5.32 Å². The Bertz CT molecular complexity index is 127. The molecule has 11 heavy (non-hydrogen) atoms. The van der Waals surface area contributed by atoms with Crippen molar-refractivity contribution in [2.24, 2.45) is 11.5 Å². The lowest BCUT2D eigenvalue weighted by Gasteiger charge is -2.14. The topological polar surface area (TPSA) is 81.1 Å². The number of carbonyl (C=O) groups excluding carboxylic acids is 1. The van der Waals surface area contributed by atoms with Crippen molar-refractivity contribution in [3.8, 4) is 0 Å². The highest BCUT2D eigenvalue weighted by Crippen LogP contribution is 1.86. The third kappa shape index (κ3) is 3.95. The molecule has 0 fully saturated rings. The van der Waals surface area contributed by atoms with E-state index in [1.807, 2.05) is 13.8 Å². The largest absolute Gasteiger partial charge is 0.351 e. The summed E-state index contributed by atoms with van der Waals surface area (Å²) in [7, 11) is 0. The second-order valence-corrected chi connectivity index (χ2v) is 2.66. The summed E-state index contributed by atoms with van der Waals surface area (Å²) in [6, 6.07) is -0.385. The van der Waals surface area contributed by atoms with E-state index in [1.165, 1.54) is 0 Å². The first-order chi connectivity index (χ1) is 5.11. The van der Waals surface area contributed by atoms with Gasteiger partial charge in [0.1, 0.15) is 0 Å². The Hall–Kier alpha value is -0.610. The molecule has 0 aliphatic carbocycles. The van der Waals surface area contributed by atoms with Gasteiger partial charge in [0, 0.05) is 12.6 Å². The first-order valence-electron chi connectivity index (χ1n) is 3.87. The van der Waals surface area contributed by atoms with Crippen molar-refractivity contribution in [2.75, 3.05) is 6.54 Å². The molecule has 5 N–H and O–H groups in total. The molecule has 0 aromatic carbocycles. The molecular formula is C7H17N3O. The Labute approximate surface area is 67.3 Å². The van der Waals surface area contributed by atoms with Crippen LogP contribution in [0.2, 0.25) is 0 Å². The van der Waals surface area contributed by atoms with E-state index >= 15 is 0 Å². The molecule has 0 saturated carbocycles. The summed E-state index contributed by atoms with van der Waals surface area (Å²) in [6.45, 7) is 4.17. The number of amides is 1. The Kier molecular flexibility index (Phi) is 4.81. The fraction of sp³-hybridized carbons (Fsp3) is 0.857. The summed E-state index contributed by atoms with van der Waals surface area (Å²) < 4.78 is 0. The lowest BCUT2D eigenvalue weighted by molar-refractivity contribution is -0.122. The van der Waals surface area contributed by atoms with Crippen LogP contribution in [0.15, 0.2) is 0 Å². The van der Waals surface area contributed by atoms with Gasteiger partial charge in [0.15, 0.2) is 0 Å². The monoisotopic (exact) mass is 159 g/mol. The summed E-state index contributed by atoms with van der Waals surface area (Å²) in [5.41, 5.74) is 10.8. The van der Waals surface area contributed by atoms with Gasteiger partial charge in [0.2, 0.25) is 5.91 Å². The van der Waals surface area contributed by atoms with E-state index in [-0.39, 0.29) is 11.9 Å². The molecule has 2 atom stereocenters. The van der Waals surface area contributed by atoms with Crippen LogP contribution >= 0.6 is 0 Å². The molecule has 0 aromatic rings. The van der Waals surface area contributed by atoms with E-state index in [0.29, 0.717) is 13.0 Å². The highest BCUT2D eigenvalue weighted by Gasteiger charge is 2.11. The zero-order chi connectivity index (χ0) is 8.85. The van der Waals surface area contributed by atoms with Crippen LogP contribution in [0.3, 0.4) is 0 Å². The van der Waals surface area contributed by atoms with Crippen molar-refractivity contribution < 1.29 is 4.79 Å². The SMILES string of the molecule is CC[C@@H](N)C(=O)N[C@@H](C)CN. The van der Waals surface area contributed by atoms with Crippen molar-refractivity contribution in [1.82, 2.24) is 5.32 Å². The Morgan fingerprint density at radius 2 is 2.18 bits per heavy atom. The van der Waals surface area contributed by atoms with E-state index < -0.39 is 6.04 Å². The summed E-state index contributed by atoms with van der Waals surface area (Å²) in [5.74, 6) is -0.120. The van der Waals surface area contributed by atoms with Gasteiger partial charge in [-0.15, -0.1) is 0 Å². The molecule has 0 unspecified atom stereocenters. The number of nitrogens with one attached hydrogen (secondary N) is 1. The Morgan fingerprint density at radius 3 is 2.55 bits per heavy atom. The first kappa shape index (κ1) is 10.4. The van der Waals surface area contributed by atoms with Crippen molar-refractivity contribution in [3.63, 3.8) is 0 Å². The third-order valence-electron chi connectivity index (χ3n) is 1.52. The van der Waals surface area contributed by atoms with E-state index in [1.54, 1.807) is 0 Å². The molecule has 0 rings (SSSR count). The van der Waals surface area contributed by atoms with Crippen LogP contribution in [0.1, 0.15) is 20.3 Å². The van der Waals surface area contributed by atoms with Gasteiger partial charge < -0.3 is 16.8 Å². The zero-order valence-corrected chi connectivity index (χ0v) is 7.13. The normalized spacial score (nSPS) is 15.6. The summed E-state index contributed by atoms with van der Waals surface area (Å²) >= 11 is 0. The molecule has 0 saturated heterocycles. The van der Waals surface area contributed by atoms with Crippen LogP contribution in [-0.2, 0) is 4.79 Å². The van der Waals surface area contributed by atoms with E-state index in [4.69, 9.17) is 11.5 Å². The summed E-state index contributed by atoms with van der Waals surface area (Å²) in [5, 5.41) is 2.69. The lowest BCUT2D eigenvalue weighted by atomic mass is 10.2. The van der Waals surface area contributed by atoms with Crippen LogP contribution in [0.4, 0.5) is 0 Å². The Balaban J connectivity index is 3.68. The highest BCUT2D eigenvalue weighted by molar-refractivity contribution is 5.81. The average Bonchev–Trinajstić information content (AvgIpc) is 2.02. The van der Waals surface area contributed by atoms with Crippen LogP contribution in [0, 0.1) is 0 Å². The number of carbonyl (C=O) groups is 1. The molecule has 0 aliphatic rings. The maximum absolute atomic E-state index is 11.1. The van der Waals surface area contributed by atoms with Crippen LogP contribution in [-0.4, -0.2) is 24.5 Å². The molecule has 0 aromatic heterocycles. The molecule has 4 heteroatoms. The minimum atomic E-state index is -0.399. The minimum absolute atomic E-state index is 0.0140. The molecule has 0 heterocycles. The molecule has 0 aliphatic heterocycles. The minimum Gasteiger partial charge on any atom is -0.351 e. The molecule has 1 amide bonds. The second-order valence-electron chi connectivity index (χ2n) is 2.66. The van der Waals surface area contributed by atoms with E-state index in [0.717, 1.165) is 0 Å². The standard InChI is InChI=1S/C7H17N3O/c1-3-6(9)7(11)10-5(2)4-8/h5-6H,3-4,8-9H2,1-2H3,(H,10,11)/t5-,6+/m0/s1. The maximum Gasteiger partial charge on any atom is 0.237 e. The van der Waals surface area contributed by atoms with Crippen LogP contribution in [0.5, 0.6) is 0 Å². The van der Waals surface area contributed by atoms with Gasteiger partial charge in [0.05, 0.1) is 6.04 Å². The average molecular weight is 159 g/mol. The molecule has 0 radical (unpaired) electrons. The number of hydrogen-bond acceptors (Lipinski definition) is 3. The third-order valence-corrected chi connectivity index (χ3v) is 1.52. The lowest BCUT2D eigenvalue weighted by Crippen LogP contribution is -2.46. The van der Waals surface area contributed by atoms with Crippen molar-refractivity contribution >= 4 is 5.91 Å². The highest BCUT2D eigenvalue weighted by atomic mass is 16.2. The van der Waals surface area contributed by atoms with Gasteiger partial charge in [-0.3, -0.25) is 4.79 Å². The molecular weight excluding hydrogens is 142 g/mol. The van der Waals surface area contributed by atoms with Crippen molar-refractivity contribution in [1.29, 1.82) is 0 Å². The van der Waals surface area contributed by atoms with E-state index in [9.17, 15) is 4.79 Å². The van der Waals surface area contributed by atoms with Crippen molar-refractivity contribution in [3.05, 3.63) is 0 Å². The molecule has 4 nitrogen and oxygen atoms in total. The van der Waals surface area contributed by atoms with Crippen LogP contribution in [0.25, 0.3) is 0 Å². The second kappa shape index (κ2) is 5.09. The summed E-state index contributed by atoms with van der Waals surface area (Å²) in [4.78, 5) is 11.1. The van der Waals surface area contributed by atoms with Crippen LogP contribution < -0.4 is 16.8 Å². The summed E-state index contributed by atoms with van der Waals surface area (Å²) in [6.07, 6.45) is 0.656. The molecule has 66 valence electrons. The van der Waals surface area contributed by atoms with Gasteiger partial charge in [-0.1, -0.05) is 6.92 Å². The van der Waals surface area contributed by atoms with Gasteiger partial charge >= 0.3 is 0 Å². The number of rotatable bonds is 4. The smallest absolute Gasteiger partial charge is 0.237 e. The molecule has 0 bridgehead atoms. The number of hydrogen-bond donors (Lipinski definition) is 3. The van der Waals surface area contributed by atoms with Crippen molar-refractivity contribution in [2.45, 2.75) is 32.4 Å². The zero-order valence-electron chi connectivity index (χ0n) is 7.13. The quantitative estimate of drug-likeness (QED) is 0.501. The first-order valence-corrected chi connectivity index (χ1v) is 3.87. The fourth-order valence-corrected chi connectivity index (χ4v) is 0.594. The van der Waals surface area contributed by atoms with Gasteiger partial charge in [0.25, 0.3) is 0 Å². The predicted molar refractivity (Wildman–Crippen MR) is 44.9 cm³/mol.